The van der Waals surface area contributed by atoms with Crippen LogP contribution in [0.4, 0.5) is 5.69 Å². The van der Waals surface area contributed by atoms with Crippen molar-refractivity contribution in [2.45, 2.75) is 39.8 Å². The summed E-state index contributed by atoms with van der Waals surface area (Å²) in [6.07, 6.45) is 0. The van der Waals surface area contributed by atoms with Crippen LogP contribution in [0.2, 0.25) is 0 Å². The minimum absolute atomic E-state index is 0.429. The molecule has 0 bridgehead atoms. The predicted octanol–water partition coefficient (Wildman–Crippen LogP) is 3.06. The zero-order chi connectivity index (χ0) is 11.4. The fourth-order valence-electron chi connectivity index (χ4n) is 2.10. The summed E-state index contributed by atoms with van der Waals surface area (Å²) in [5.74, 6) is 0. The van der Waals surface area contributed by atoms with Gasteiger partial charge in [-0.05, 0) is 45.0 Å². The Kier molecular flexibility index (Phi) is 4.15. The highest BCUT2D eigenvalue weighted by Crippen LogP contribution is 2.23. The third kappa shape index (κ3) is 2.96. The second-order valence-corrected chi connectivity index (χ2v) is 4.27. The van der Waals surface area contributed by atoms with Crippen LogP contribution >= 0.6 is 0 Å². The molecule has 0 fully saturated rings. The van der Waals surface area contributed by atoms with Gasteiger partial charge in [-0.25, -0.2) is 0 Å². The molecule has 1 atom stereocenters. The summed E-state index contributed by atoms with van der Waals surface area (Å²) in [5, 5.41) is 0. The van der Waals surface area contributed by atoms with E-state index in [1.807, 2.05) is 12.1 Å². The maximum absolute atomic E-state index is 5.80. The quantitative estimate of drug-likeness (QED) is 0.767. The van der Waals surface area contributed by atoms with Crippen molar-refractivity contribution in [1.29, 1.82) is 0 Å². The second kappa shape index (κ2) is 5.17. The van der Waals surface area contributed by atoms with Crippen molar-refractivity contribution in [2.75, 3.05) is 12.3 Å². The molecule has 0 saturated carbocycles. The first-order valence-corrected chi connectivity index (χ1v) is 5.67. The second-order valence-electron chi connectivity index (χ2n) is 4.27. The summed E-state index contributed by atoms with van der Waals surface area (Å²) >= 11 is 0. The highest BCUT2D eigenvalue weighted by atomic mass is 15.2. The van der Waals surface area contributed by atoms with E-state index < -0.39 is 0 Å². The smallest absolute Gasteiger partial charge is 0.0323 e. The predicted molar refractivity (Wildman–Crippen MR) is 66.8 cm³/mol. The van der Waals surface area contributed by atoms with Crippen LogP contribution in [0, 0.1) is 0 Å². The molecule has 1 aromatic rings. The lowest BCUT2D eigenvalue weighted by molar-refractivity contribution is 0.174. The molecular weight excluding hydrogens is 184 g/mol. The number of nitrogens with zero attached hydrogens (tertiary/aromatic N) is 1. The summed E-state index contributed by atoms with van der Waals surface area (Å²) in [7, 11) is 0. The molecule has 0 aromatic heterocycles. The van der Waals surface area contributed by atoms with Crippen molar-refractivity contribution in [3.05, 3.63) is 29.8 Å². The fraction of sp³-hybridized carbons (Fsp3) is 0.538. The van der Waals surface area contributed by atoms with Crippen LogP contribution in [0.3, 0.4) is 0 Å². The zero-order valence-electron chi connectivity index (χ0n) is 10.2. The van der Waals surface area contributed by atoms with Gasteiger partial charge in [-0.2, -0.15) is 0 Å². The Morgan fingerprint density at radius 2 is 1.93 bits per heavy atom. The minimum Gasteiger partial charge on any atom is -0.399 e. The number of nitrogens with two attached hydrogens (primary N) is 1. The molecule has 2 N–H and O–H groups in total. The molecular formula is C13H22N2. The Morgan fingerprint density at radius 1 is 1.27 bits per heavy atom. The van der Waals surface area contributed by atoms with Gasteiger partial charge in [0.25, 0.3) is 0 Å². The fourth-order valence-corrected chi connectivity index (χ4v) is 2.10. The van der Waals surface area contributed by atoms with Gasteiger partial charge in [-0.15, -0.1) is 0 Å². The minimum atomic E-state index is 0.429. The Bertz CT molecular complexity index is 307. The van der Waals surface area contributed by atoms with E-state index in [4.69, 9.17) is 5.73 Å². The first-order valence-electron chi connectivity index (χ1n) is 5.67. The van der Waals surface area contributed by atoms with Gasteiger partial charge in [0.1, 0.15) is 0 Å². The number of nitrogen functional groups attached to an aromatic ring is 1. The van der Waals surface area contributed by atoms with Crippen molar-refractivity contribution in [3.63, 3.8) is 0 Å². The van der Waals surface area contributed by atoms with Gasteiger partial charge >= 0.3 is 0 Å². The lowest BCUT2D eigenvalue weighted by Gasteiger charge is -2.32. The molecule has 2 heteroatoms. The number of hydrogen-bond acceptors (Lipinski definition) is 2. The third-order valence-corrected chi connectivity index (χ3v) is 2.92. The maximum Gasteiger partial charge on any atom is 0.0323 e. The van der Waals surface area contributed by atoms with Gasteiger partial charge < -0.3 is 5.73 Å². The van der Waals surface area contributed by atoms with Crippen molar-refractivity contribution in [1.82, 2.24) is 4.90 Å². The summed E-state index contributed by atoms with van der Waals surface area (Å²) in [4.78, 5) is 2.45. The van der Waals surface area contributed by atoms with E-state index in [-0.39, 0.29) is 0 Å². The van der Waals surface area contributed by atoms with Crippen molar-refractivity contribution in [3.8, 4) is 0 Å². The monoisotopic (exact) mass is 206 g/mol. The zero-order valence-corrected chi connectivity index (χ0v) is 10.2. The summed E-state index contributed by atoms with van der Waals surface area (Å²) in [6, 6.07) is 9.16. The average molecular weight is 206 g/mol. The molecule has 0 spiro atoms. The molecule has 0 aliphatic carbocycles. The molecule has 1 rings (SSSR count). The molecule has 1 unspecified atom stereocenters. The van der Waals surface area contributed by atoms with E-state index >= 15 is 0 Å². The van der Waals surface area contributed by atoms with E-state index in [1.165, 1.54) is 5.56 Å². The lowest BCUT2D eigenvalue weighted by atomic mass is 10.0. The van der Waals surface area contributed by atoms with Crippen LogP contribution < -0.4 is 5.73 Å². The van der Waals surface area contributed by atoms with E-state index in [0.717, 1.165) is 12.2 Å². The SMILES string of the molecule is CCN(C(C)C)C(C)c1cccc(N)c1. The first kappa shape index (κ1) is 12.1. The number of benzene rings is 1. The van der Waals surface area contributed by atoms with Crippen LogP contribution in [0.1, 0.15) is 39.3 Å². The number of anilines is 1. The molecule has 0 aliphatic heterocycles. The summed E-state index contributed by atoms with van der Waals surface area (Å²) in [5.41, 5.74) is 7.94. The van der Waals surface area contributed by atoms with Crippen LogP contribution in [0.5, 0.6) is 0 Å². The largest absolute Gasteiger partial charge is 0.399 e. The Labute approximate surface area is 93.1 Å². The summed E-state index contributed by atoms with van der Waals surface area (Å²) in [6.45, 7) is 9.95. The van der Waals surface area contributed by atoms with Gasteiger partial charge in [-0.3, -0.25) is 4.90 Å². The highest BCUT2D eigenvalue weighted by molar-refractivity contribution is 5.41. The van der Waals surface area contributed by atoms with Crippen molar-refractivity contribution < 1.29 is 0 Å². The first-order chi connectivity index (χ1) is 7.06. The normalized spacial score (nSPS) is 13.5. The van der Waals surface area contributed by atoms with Crippen LogP contribution in [-0.2, 0) is 0 Å². The molecule has 0 saturated heterocycles. The van der Waals surface area contributed by atoms with Gasteiger partial charge in [0.2, 0.25) is 0 Å². The van der Waals surface area contributed by atoms with E-state index in [1.54, 1.807) is 0 Å². The molecule has 0 radical (unpaired) electrons. The molecule has 84 valence electrons. The third-order valence-electron chi connectivity index (χ3n) is 2.92. The summed E-state index contributed by atoms with van der Waals surface area (Å²) < 4.78 is 0. The molecule has 0 heterocycles. The molecule has 1 aromatic carbocycles. The van der Waals surface area contributed by atoms with Gasteiger partial charge in [0.15, 0.2) is 0 Å². The van der Waals surface area contributed by atoms with E-state index in [2.05, 4.69) is 44.7 Å². The average Bonchev–Trinajstić information content (AvgIpc) is 2.18. The molecule has 0 amide bonds. The molecule has 15 heavy (non-hydrogen) atoms. The van der Waals surface area contributed by atoms with Crippen molar-refractivity contribution in [2.24, 2.45) is 0 Å². The lowest BCUT2D eigenvalue weighted by Crippen LogP contribution is -2.33. The van der Waals surface area contributed by atoms with Crippen LogP contribution in [0.15, 0.2) is 24.3 Å². The van der Waals surface area contributed by atoms with Gasteiger partial charge in [0, 0.05) is 17.8 Å². The standard InChI is InChI=1S/C13H22N2/c1-5-15(10(2)3)11(4)12-7-6-8-13(14)9-12/h6-11H,5,14H2,1-4H3. The van der Waals surface area contributed by atoms with E-state index in [9.17, 15) is 0 Å². The molecule has 0 aliphatic rings. The number of rotatable bonds is 4. The van der Waals surface area contributed by atoms with E-state index in [0.29, 0.717) is 12.1 Å². The van der Waals surface area contributed by atoms with Crippen LogP contribution in [-0.4, -0.2) is 17.5 Å². The number of hydrogen-bond donors (Lipinski definition) is 1. The Balaban J connectivity index is 2.87. The Morgan fingerprint density at radius 3 is 2.40 bits per heavy atom. The maximum atomic E-state index is 5.80. The van der Waals surface area contributed by atoms with Crippen LogP contribution in [0.25, 0.3) is 0 Å². The van der Waals surface area contributed by atoms with Crippen molar-refractivity contribution >= 4 is 5.69 Å². The topological polar surface area (TPSA) is 29.3 Å². The molecule has 2 nitrogen and oxygen atoms in total. The van der Waals surface area contributed by atoms with Gasteiger partial charge in [0.05, 0.1) is 0 Å². The van der Waals surface area contributed by atoms with Gasteiger partial charge in [-0.1, -0.05) is 19.1 Å². The highest BCUT2D eigenvalue weighted by Gasteiger charge is 2.16. The Hall–Kier alpha value is -1.02.